The van der Waals surface area contributed by atoms with Gasteiger partial charge in [-0.3, -0.25) is 9.59 Å². The van der Waals surface area contributed by atoms with E-state index in [9.17, 15) is 9.59 Å². The number of halogens is 2. The second-order valence-electron chi connectivity index (χ2n) is 8.10. The third-order valence-electron chi connectivity index (χ3n) is 6.13. The lowest BCUT2D eigenvalue weighted by Crippen LogP contribution is -2.52. The molecule has 0 unspecified atom stereocenters. The van der Waals surface area contributed by atoms with Gasteiger partial charge in [0.25, 0.3) is 0 Å². The molecular formula is C24H23Cl2NO3. The van der Waals surface area contributed by atoms with Gasteiger partial charge < -0.3 is 9.64 Å². The molecule has 2 aromatic carbocycles. The molecule has 1 spiro atoms. The van der Waals surface area contributed by atoms with E-state index in [0.29, 0.717) is 53.7 Å². The van der Waals surface area contributed by atoms with Gasteiger partial charge in [0, 0.05) is 32.0 Å². The summed E-state index contributed by atoms with van der Waals surface area (Å²) in [7, 11) is 0. The molecule has 1 saturated heterocycles. The summed E-state index contributed by atoms with van der Waals surface area (Å²) in [6.45, 7) is 5.12. The first-order valence-corrected chi connectivity index (χ1v) is 10.8. The van der Waals surface area contributed by atoms with Crippen molar-refractivity contribution >= 4 is 41.0 Å². The predicted molar refractivity (Wildman–Crippen MR) is 120 cm³/mol. The molecule has 0 radical (unpaired) electrons. The first kappa shape index (κ1) is 21.0. The van der Waals surface area contributed by atoms with Crippen LogP contribution in [0.5, 0.6) is 5.75 Å². The Bertz CT molecular complexity index is 1050. The van der Waals surface area contributed by atoms with Crippen LogP contribution < -0.4 is 4.74 Å². The molecule has 0 N–H and O–H groups in total. The number of hydrogen-bond donors (Lipinski definition) is 0. The summed E-state index contributed by atoms with van der Waals surface area (Å²) in [5.41, 5.74) is 3.09. The number of carbonyl (C=O) groups is 2. The number of fused-ring (bicyclic) bond motifs is 1. The number of ether oxygens (including phenoxy) is 1. The van der Waals surface area contributed by atoms with Crippen LogP contribution in [-0.4, -0.2) is 35.3 Å². The number of nitrogens with zero attached hydrogens (tertiary/aromatic N) is 1. The maximum Gasteiger partial charge on any atom is 0.246 e. The van der Waals surface area contributed by atoms with Crippen molar-refractivity contribution in [3.05, 3.63) is 68.7 Å². The quantitative estimate of drug-likeness (QED) is 0.563. The van der Waals surface area contributed by atoms with E-state index in [1.165, 1.54) is 0 Å². The van der Waals surface area contributed by atoms with E-state index in [-0.39, 0.29) is 11.7 Å². The first-order chi connectivity index (χ1) is 14.3. The van der Waals surface area contributed by atoms with Crippen LogP contribution in [0, 0.1) is 13.8 Å². The van der Waals surface area contributed by atoms with Crippen molar-refractivity contribution in [3.63, 3.8) is 0 Å². The molecule has 2 aliphatic rings. The Morgan fingerprint density at radius 1 is 1.10 bits per heavy atom. The van der Waals surface area contributed by atoms with Gasteiger partial charge in [0.1, 0.15) is 11.4 Å². The summed E-state index contributed by atoms with van der Waals surface area (Å²) in [4.78, 5) is 27.2. The van der Waals surface area contributed by atoms with E-state index in [1.807, 2.05) is 32.0 Å². The topological polar surface area (TPSA) is 46.6 Å². The average molecular weight is 444 g/mol. The molecule has 1 amide bonds. The Balaban J connectivity index is 1.44. The molecule has 1 fully saturated rings. The summed E-state index contributed by atoms with van der Waals surface area (Å²) in [5, 5.41) is 0.937. The molecule has 0 bridgehead atoms. The fraction of sp³-hybridized carbons (Fsp3) is 0.333. The largest absolute Gasteiger partial charge is 0.486 e. The van der Waals surface area contributed by atoms with Crippen molar-refractivity contribution in [2.24, 2.45) is 0 Å². The van der Waals surface area contributed by atoms with Gasteiger partial charge in [-0.25, -0.2) is 0 Å². The van der Waals surface area contributed by atoms with Crippen molar-refractivity contribution in [1.82, 2.24) is 4.90 Å². The van der Waals surface area contributed by atoms with Crippen molar-refractivity contribution in [1.29, 1.82) is 0 Å². The van der Waals surface area contributed by atoms with Gasteiger partial charge in [0.15, 0.2) is 5.78 Å². The highest BCUT2D eigenvalue weighted by Crippen LogP contribution is 2.41. The molecule has 156 valence electrons. The number of hydrogen-bond acceptors (Lipinski definition) is 3. The number of rotatable bonds is 2. The highest BCUT2D eigenvalue weighted by atomic mass is 35.5. The molecule has 0 atom stereocenters. The summed E-state index contributed by atoms with van der Waals surface area (Å²) in [6.07, 6.45) is 4.92. The Kier molecular flexibility index (Phi) is 5.65. The van der Waals surface area contributed by atoms with Gasteiger partial charge in [-0.05, 0) is 54.8 Å². The van der Waals surface area contributed by atoms with Gasteiger partial charge in [-0.2, -0.15) is 0 Å². The third-order valence-corrected chi connectivity index (χ3v) is 6.87. The van der Waals surface area contributed by atoms with E-state index in [0.717, 1.165) is 16.7 Å². The van der Waals surface area contributed by atoms with Crippen molar-refractivity contribution in [2.75, 3.05) is 13.1 Å². The number of ketones is 1. The van der Waals surface area contributed by atoms with Crippen LogP contribution >= 0.6 is 23.2 Å². The molecule has 2 heterocycles. The van der Waals surface area contributed by atoms with Gasteiger partial charge in [-0.15, -0.1) is 0 Å². The zero-order valence-corrected chi connectivity index (χ0v) is 18.5. The number of benzene rings is 2. The fourth-order valence-electron chi connectivity index (χ4n) is 4.08. The van der Waals surface area contributed by atoms with Crippen molar-refractivity contribution in [2.45, 2.75) is 38.7 Å². The predicted octanol–water partition coefficient (Wildman–Crippen LogP) is 5.65. The zero-order valence-electron chi connectivity index (χ0n) is 17.0. The SMILES string of the molecule is Cc1ccc2c(c1C)OC1(CCN(C(=O)/C=C/c3ccc(Cl)c(Cl)c3)CC1)CC2=O. The van der Waals surface area contributed by atoms with E-state index >= 15 is 0 Å². The Morgan fingerprint density at radius 2 is 1.83 bits per heavy atom. The van der Waals surface area contributed by atoms with E-state index in [4.69, 9.17) is 27.9 Å². The van der Waals surface area contributed by atoms with Crippen LogP contribution in [0.1, 0.15) is 46.3 Å². The van der Waals surface area contributed by atoms with E-state index < -0.39 is 5.60 Å². The number of likely N-dealkylation sites (tertiary alicyclic amines) is 1. The maximum atomic E-state index is 12.8. The van der Waals surface area contributed by atoms with Crippen LogP contribution in [0.3, 0.4) is 0 Å². The van der Waals surface area contributed by atoms with Crippen LogP contribution in [0.2, 0.25) is 10.0 Å². The van der Waals surface area contributed by atoms with Gasteiger partial charge in [0.2, 0.25) is 5.91 Å². The fourth-order valence-corrected chi connectivity index (χ4v) is 4.39. The van der Waals surface area contributed by atoms with Crippen molar-refractivity contribution in [3.8, 4) is 5.75 Å². The second kappa shape index (κ2) is 8.09. The Hall–Kier alpha value is -2.30. The lowest BCUT2D eigenvalue weighted by atomic mass is 9.81. The Labute approximate surface area is 186 Å². The maximum absolute atomic E-state index is 12.8. The average Bonchev–Trinajstić information content (AvgIpc) is 2.72. The molecule has 0 aromatic heterocycles. The van der Waals surface area contributed by atoms with Crippen LogP contribution in [0.25, 0.3) is 6.08 Å². The van der Waals surface area contributed by atoms with Crippen LogP contribution in [0.4, 0.5) is 0 Å². The summed E-state index contributed by atoms with van der Waals surface area (Å²) in [5.74, 6) is 0.773. The normalized spacial score (nSPS) is 17.9. The molecule has 2 aliphatic heterocycles. The second-order valence-corrected chi connectivity index (χ2v) is 8.92. The number of aryl methyl sites for hydroxylation is 1. The number of piperidine rings is 1. The highest BCUT2D eigenvalue weighted by Gasteiger charge is 2.44. The van der Waals surface area contributed by atoms with Gasteiger partial charge >= 0.3 is 0 Å². The lowest BCUT2D eigenvalue weighted by Gasteiger charge is -2.44. The third kappa shape index (κ3) is 3.99. The molecule has 30 heavy (non-hydrogen) atoms. The summed E-state index contributed by atoms with van der Waals surface area (Å²) >= 11 is 12.0. The molecule has 4 nitrogen and oxygen atoms in total. The number of amides is 1. The first-order valence-electron chi connectivity index (χ1n) is 10.0. The molecule has 6 heteroatoms. The summed E-state index contributed by atoms with van der Waals surface area (Å²) < 4.78 is 6.42. The number of carbonyl (C=O) groups excluding carboxylic acids is 2. The van der Waals surface area contributed by atoms with E-state index in [1.54, 1.807) is 29.2 Å². The number of Topliss-reactive ketones (excluding diaryl/α,β-unsaturated/α-hetero) is 1. The molecule has 0 saturated carbocycles. The monoisotopic (exact) mass is 443 g/mol. The minimum Gasteiger partial charge on any atom is -0.486 e. The minimum atomic E-state index is -0.521. The smallest absolute Gasteiger partial charge is 0.246 e. The van der Waals surface area contributed by atoms with E-state index in [2.05, 4.69) is 0 Å². The lowest BCUT2D eigenvalue weighted by molar-refractivity contribution is -0.129. The standard InChI is InChI=1S/C24H23Cl2NO3/c1-15-3-6-18-21(28)14-24(30-23(18)16(15)2)9-11-27(12-10-24)22(29)8-5-17-4-7-19(25)20(26)13-17/h3-8,13H,9-12,14H2,1-2H3/b8-5+. The van der Waals surface area contributed by atoms with Crippen LogP contribution in [0.15, 0.2) is 36.4 Å². The highest BCUT2D eigenvalue weighted by molar-refractivity contribution is 6.42. The van der Waals surface area contributed by atoms with Crippen LogP contribution in [-0.2, 0) is 4.79 Å². The molecule has 0 aliphatic carbocycles. The molecule has 4 rings (SSSR count). The zero-order chi connectivity index (χ0) is 21.5. The summed E-state index contributed by atoms with van der Waals surface area (Å²) in [6, 6.07) is 9.07. The molecule has 2 aromatic rings. The Morgan fingerprint density at radius 3 is 2.53 bits per heavy atom. The van der Waals surface area contributed by atoms with Gasteiger partial charge in [-0.1, -0.05) is 35.3 Å². The molecular weight excluding hydrogens is 421 g/mol. The van der Waals surface area contributed by atoms with Crippen molar-refractivity contribution < 1.29 is 14.3 Å². The minimum absolute atomic E-state index is 0.0644. The van der Waals surface area contributed by atoms with Gasteiger partial charge in [0.05, 0.1) is 22.0 Å².